The van der Waals surface area contributed by atoms with Gasteiger partial charge in [0.05, 0.1) is 18.4 Å². The predicted molar refractivity (Wildman–Crippen MR) is 91.0 cm³/mol. The summed E-state index contributed by atoms with van der Waals surface area (Å²) in [6, 6.07) is 3.57. The Hall–Kier alpha value is -2.08. The third kappa shape index (κ3) is 3.70. The molecular weight excluding hydrogens is 326 g/mol. The van der Waals surface area contributed by atoms with Crippen LogP contribution in [0.25, 0.3) is 0 Å². The van der Waals surface area contributed by atoms with Gasteiger partial charge in [-0.3, -0.25) is 4.79 Å². The summed E-state index contributed by atoms with van der Waals surface area (Å²) in [5.74, 6) is 0.703. The number of ether oxygens (including phenoxy) is 1. The number of thiophene rings is 1. The summed E-state index contributed by atoms with van der Waals surface area (Å²) in [6.07, 6.45) is 4.60. The van der Waals surface area contributed by atoms with E-state index in [9.17, 15) is 9.59 Å². The van der Waals surface area contributed by atoms with Gasteiger partial charge in [0.1, 0.15) is 5.76 Å². The first-order chi connectivity index (χ1) is 11.5. The van der Waals surface area contributed by atoms with Gasteiger partial charge in [-0.25, -0.2) is 4.79 Å². The minimum absolute atomic E-state index is 0.252. The Labute approximate surface area is 145 Å². The van der Waals surface area contributed by atoms with E-state index in [4.69, 9.17) is 9.15 Å². The third-order valence-electron chi connectivity index (χ3n) is 4.35. The average Bonchev–Trinajstić information content (AvgIpc) is 3.21. The Bertz CT molecular complexity index is 719. The van der Waals surface area contributed by atoms with Gasteiger partial charge in [0, 0.05) is 17.3 Å². The average molecular weight is 347 g/mol. The van der Waals surface area contributed by atoms with Crippen molar-refractivity contribution in [2.45, 2.75) is 32.7 Å². The van der Waals surface area contributed by atoms with Gasteiger partial charge < -0.3 is 14.1 Å². The lowest BCUT2D eigenvalue weighted by Gasteiger charge is -2.19. The fourth-order valence-corrected chi connectivity index (χ4v) is 4.12. The number of carbonyl (C=O) groups excluding carboxylic acids is 2. The molecule has 1 unspecified atom stereocenters. The van der Waals surface area contributed by atoms with Crippen molar-refractivity contribution < 1.29 is 18.7 Å². The Morgan fingerprint density at radius 2 is 2.29 bits per heavy atom. The fourth-order valence-electron chi connectivity index (χ4n) is 2.89. The number of esters is 1. The van der Waals surface area contributed by atoms with Crippen LogP contribution in [0.5, 0.6) is 0 Å². The fraction of sp³-hybridized carbons (Fsp3) is 0.444. The lowest BCUT2D eigenvalue weighted by atomic mass is 9.88. The van der Waals surface area contributed by atoms with E-state index in [1.807, 2.05) is 5.38 Å². The smallest absolute Gasteiger partial charge is 0.339 e. The van der Waals surface area contributed by atoms with Crippen molar-refractivity contribution in [2.24, 2.45) is 5.92 Å². The molecule has 5 nitrogen and oxygen atoms in total. The number of amides is 1. The molecule has 24 heavy (non-hydrogen) atoms. The molecule has 0 bridgehead atoms. The maximum atomic E-state index is 12.3. The highest BCUT2D eigenvalue weighted by Crippen LogP contribution is 2.33. The van der Waals surface area contributed by atoms with E-state index >= 15 is 0 Å². The van der Waals surface area contributed by atoms with Crippen LogP contribution < -0.4 is 0 Å². The molecule has 0 spiro atoms. The Morgan fingerprint density at radius 1 is 1.46 bits per heavy atom. The number of likely N-dealkylation sites (N-methyl/N-ethyl adjacent to an activating group) is 1. The zero-order valence-corrected chi connectivity index (χ0v) is 14.7. The van der Waals surface area contributed by atoms with Crippen LogP contribution in [0, 0.1) is 5.92 Å². The van der Waals surface area contributed by atoms with Crippen molar-refractivity contribution in [2.75, 3.05) is 13.7 Å². The Morgan fingerprint density at radius 3 is 3.04 bits per heavy atom. The van der Waals surface area contributed by atoms with Crippen LogP contribution in [0.2, 0.25) is 0 Å². The van der Waals surface area contributed by atoms with Crippen molar-refractivity contribution in [1.82, 2.24) is 4.90 Å². The van der Waals surface area contributed by atoms with Crippen LogP contribution in [0.3, 0.4) is 0 Å². The first kappa shape index (κ1) is 16.8. The molecule has 1 amide bonds. The van der Waals surface area contributed by atoms with Crippen LogP contribution in [-0.4, -0.2) is 30.4 Å². The number of carbonyl (C=O) groups is 2. The normalized spacial score (nSPS) is 16.5. The van der Waals surface area contributed by atoms with E-state index in [1.54, 1.807) is 36.8 Å². The number of hydrogen-bond donors (Lipinski definition) is 0. The molecule has 6 heteroatoms. The zero-order chi connectivity index (χ0) is 17.1. The van der Waals surface area contributed by atoms with Gasteiger partial charge in [0.15, 0.2) is 6.61 Å². The largest absolute Gasteiger partial charge is 0.467 e. The first-order valence-corrected chi connectivity index (χ1v) is 8.95. The number of rotatable bonds is 5. The van der Waals surface area contributed by atoms with E-state index in [0.717, 1.165) is 24.8 Å². The van der Waals surface area contributed by atoms with E-state index in [2.05, 4.69) is 6.92 Å². The maximum Gasteiger partial charge on any atom is 0.339 e. The summed E-state index contributed by atoms with van der Waals surface area (Å²) >= 11 is 1.62. The molecule has 0 fully saturated rings. The Kier molecular flexibility index (Phi) is 5.04. The van der Waals surface area contributed by atoms with Gasteiger partial charge in [0.25, 0.3) is 5.91 Å². The van der Waals surface area contributed by atoms with Crippen molar-refractivity contribution in [1.29, 1.82) is 0 Å². The molecule has 0 radical (unpaired) electrons. The molecule has 3 rings (SSSR count). The molecule has 1 aliphatic rings. The van der Waals surface area contributed by atoms with Crippen molar-refractivity contribution in [3.05, 3.63) is 45.5 Å². The number of furan rings is 1. The molecule has 1 aliphatic carbocycles. The topological polar surface area (TPSA) is 59.8 Å². The van der Waals surface area contributed by atoms with Crippen LogP contribution in [0.1, 0.15) is 39.9 Å². The summed E-state index contributed by atoms with van der Waals surface area (Å²) in [4.78, 5) is 27.1. The summed E-state index contributed by atoms with van der Waals surface area (Å²) in [6.45, 7) is 2.33. The lowest BCUT2D eigenvalue weighted by molar-refractivity contribution is -0.133. The second-order valence-corrected chi connectivity index (χ2v) is 7.27. The Balaban J connectivity index is 1.55. The van der Waals surface area contributed by atoms with E-state index in [0.29, 0.717) is 23.8 Å². The molecule has 128 valence electrons. The lowest BCUT2D eigenvalue weighted by Crippen LogP contribution is -2.30. The minimum Gasteiger partial charge on any atom is -0.467 e. The second kappa shape index (κ2) is 7.21. The van der Waals surface area contributed by atoms with Gasteiger partial charge in [0.2, 0.25) is 0 Å². The summed E-state index contributed by atoms with van der Waals surface area (Å²) in [5.41, 5.74) is 1.74. The summed E-state index contributed by atoms with van der Waals surface area (Å²) < 4.78 is 10.4. The van der Waals surface area contributed by atoms with Gasteiger partial charge in [-0.15, -0.1) is 11.3 Å². The van der Waals surface area contributed by atoms with E-state index in [-0.39, 0.29) is 12.5 Å². The molecule has 2 heterocycles. The maximum absolute atomic E-state index is 12.3. The quantitative estimate of drug-likeness (QED) is 0.779. The van der Waals surface area contributed by atoms with Crippen LogP contribution in [0.15, 0.2) is 28.2 Å². The van der Waals surface area contributed by atoms with Crippen molar-refractivity contribution >= 4 is 23.2 Å². The van der Waals surface area contributed by atoms with Gasteiger partial charge >= 0.3 is 5.97 Å². The minimum atomic E-state index is -0.401. The molecular formula is C18H21NO4S. The highest BCUT2D eigenvalue weighted by Gasteiger charge is 2.24. The number of fused-ring (bicyclic) bond motifs is 1. The highest BCUT2D eigenvalue weighted by atomic mass is 32.1. The standard InChI is InChI=1S/C18H21NO4S/c1-12-5-6-14-15(11-24-16(14)8-12)18(21)23-10-17(20)19(2)9-13-4-3-7-22-13/h3-4,7,11-12H,5-6,8-10H2,1-2H3. The second-order valence-electron chi connectivity index (χ2n) is 6.30. The summed E-state index contributed by atoms with van der Waals surface area (Å²) in [7, 11) is 1.66. The van der Waals surface area contributed by atoms with Crippen LogP contribution >= 0.6 is 11.3 Å². The molecule has 2 aromatic heterocycles. The number of hydrogen-bond acceptors (Lipinski definition) is 5. The molecule has 0 aromatic carbocycles. The van der Waals surface area contributed by atoms with Crippen molar-refractivity contribution in [3.63, 3.8) is 0 Å². The van der Waals surface area contributed by atoms with Crippen LogP contribution in [0.4, 0.5) is 0 Å². The first-order valence-electron chi connectivity index (χ1n) is 8.07. The molecule has 0 saturated carbocycles. The monoisotopic (exact) mass is 347 g/mol. The summed E-state index contributed by atoms with van der Waals surface area (Å²) in [5, 5.41) is 1.86. The van der Waals surface area contributed by atoms with Crippen molar-refractivity contribution in [3.8, 4) is 0 Å². The predicted octanol–water partition coefficient (Wildman–Crippen LogP) is 3.28. The van der Waals surface area contributed by atoms with Crippen LogP contribution in [-0.2, 0) is 28.9 Å². The van der Waals surface area contributed by atoms with E-state index < -0.39 is 5.97 Å². The third-order valence-corrected chi connectivity index (χ3v) is 5.40. The molecule has 1 atom stereocenters. The zero-order valence-electron chi connectivity index (χ0n) is 13.9. The SMILES string of the molecule is CC1CCc2c(C(=O)OCC(=O)N(C)Cc3ccco3)csc2C1. The van der Waals surface area contributed by atoms with Gasteiger partial charge in [-0.1, -0.05) is 6.92 Å². The van der Waals surface area contributed by atoms with Gasteiger partial charge in [-0.2, -0.15) is 0 Å². The van der Waals surface area contributed by atoms with Gasteiger partial charge in [-0.05, 0) is 42.9 Å². The molecule has 0 N–H and O–H groups in total. The molecule has 0 aliphatic heterocycles. The molecule has 0 saturated heterocycles. The highest BCUT2D eigenvalue weighted by molar-refractivity contribution is 7.10. The number of nitrogens with zero attached hydrogens (tertiary/aromatic N) is 1. The molecule has 2 aromatic rings. The van der Waals surface area contributed by atoms with E-state index in [1.165, 1.54) is 9.78 Å².